The molecule has 1 heterocycles. The standard InChI is InChI=1S/C21H19ClN4O/c1-13-7-8-16(11-17(13)22)24-21(27)18-12-19(23-15-9-10-15)26-20(25-18)14-5-3-2-4-6-14/h2-8,11-12,15H,9-10H2,1H3,(H,24,27)(H,23,25,26). The van der Waals surface area contributed by atoms with Crippen molar-refractivity contribution < 1.29 is 4.79 Å². The van der Waals surface area contributed by atoms with Crippen molar-refractivity contribution in [1.29, 1.82) is 0 Å². The number of amides is 1. The van der Waals surface area contributed by atoms with Gasteiger partial charge in [0.05, 0.1) is 0 Å². The van der Waals surface area contributed by atoms with Gasteiger partial charge >= 0.3 is 0 Å². The third kappa shape index (κ3) is 4.26. The highest BCUT2D eigenvalue weighted by Crippen LogP contribution is 2.26. The van der Waals surface area contributed by atoms with Crippen LogP contribution in [0.1, 0.15) is 28.9 Å². The van der Waals surface area contributed by atoms with Crippen molar-refractivity contribution in [3.8, 4) is 11.4 Å². The highest BCUT2D eigenvalue weighted by atomic mass is 35.5. The molecule has 0 aliphatic heterocycles. The second kappa shape index (κ2) is 7.37. The molecular weight excluding hydrogens is 360 g/mol. The summed E-state index contributed by atoms with van der Waals surface area (Å²) in [6.07, 6.45) is 2.24. The number of hydrogen-bond donors (Lipinski definition) is 2. The molecule has 0 atom stereocenters. The lowest BCUT2D eigenvalue weighted by Gasteiger charge is -2.11. The molecule has 0 spiro atoms. The molecular formula is C21H19ClN4O. The third-order valence-electron chi connectivity index (χ3n) is 4.35. The van der Waals surface area contributed by atoms with E-state index in [-0.39, 0.29) is 5.91 Å². The molecule has 0 radical (unpaired) electrons. The van der Waals surface area contributed by atoms with Gasteiger partial charge in [0.1, 0.15) is 11.5 Å². The van der Waals surface area contributed by atoms with Crippen LogP contribution in [0.3, 0.4) is 0 Å². The van der Waals surface area contributed by atoms with Crippen molar-refractivity contribution >= 4 is 29.0 Å². The fourth-order valence-electron chi connectivity index (χ4n) is 2.66. The molecule has 1 aliphatic rings. The number of aryl methyl sites for hydroxylation is 1. The molecule has 6 heteroatoms. The number of nitrogens with one attached hydrogen (secondary N) is 2. The number of halogens is 1. The van der Waals surface area contributed by atoms with Crippen LogP contribution in [0.2, 0.25) is 5.02 Å². The van der Waals surface area contributed by atoms with E-state index in [9.17, 15) is 4.79 Å². The Balaban J connectivity index is 1.65. The Bertz CT molecular complexity index is 987. The van der Waals surface area contributed by atoms with Crippen LogP contribution in [0, 0.1) is 6.92 Å². The molecule has 136 valence electrons. The van der Waals surface area contributed by atoms with Crippen LogP contribution >= 0.6 is 11.6 Å². The van der Waals surface area contributed by atoms with Gasteiger partial charge in [0, 0.05) is 28.4 Å². The third-order valence-corrected chi connectivity index (χ3v) is 4.76. The van der Waals surface area contributed by atoms with Gasteiger partial charge in [0.2, 0.25) is 0 Å². The fourth-order valence-corrected chi connectivity index (χ4v) is 2.84. The molecule has 3 aromatic rings. The monoisotopic (exact) mass is 378 g/mol. The normalized spacial score (nSPS) is 13.3. The van der Waals surface area contributed by atoms with Crippen LogP contribution in [0.4, 0.5) is 11.5 Å². The van der Waals surface area contributed by atoms with Crippen molar-refractivity contribution in [2.75, 3.05) is 10.6 Å². The van der Waals surface area contributed by atoms with Crippen LogP contribution < -0.4 is 10.6 Å². The van der Waals surface area contributed by atoms with E-state index in [1.807, 2.05) is 49.4 Å². The zero-order valence-electron chi connectivity index (χ0n) is 14.9. The summed E-state index contributed by atoms with van der Waals surface area (Å²) in [5.74, 6) is 0.889. The summed E-state index contributed by atoms with van der Waals surface area (Å²) in [7, 11) is 0. The van der Waals surface area contributed by atoms with E-state index in [1.54, 1.807) is 12.1 Å². The number of nitrogens with zero attached hydrogens (tertiary/aromatic N) is 2. The Morgan fingerprint density at radius 1 is 1.07 bits per heavy atom. The maximum Gasteiger partial charge on any atom is 0.274 e. The molecule has 27 heavy (non-hydrogen) atoms. The predicted molar refractivity (Wildman–Crippen MR) is 108 cm³/mol. The SMILES string of the molecule is Cc1ccc(NC(=O)c2cc(NC3CC3)nc(-c3ccccc3)n2)cc1Cl. The van der Waals surface area contributed by atoms with Crippen molar-refractivity contribution in [3.05, 3.63) is 70.9 Å². The van der Waals surface area contributed by atoms with Crippen LogP contribution in [0.25, 0.3) is 11.4 Å². The lowest BCUT2D eigenvalue weighted by Crippen LogP contribution is -2.16. The topological polar surface area (TPSA) is 66.9 Å². The van der Waals surface area contributed by atoms with Crippen LogP contribution in [0.15, 0.2) is 54.6 Å². The van der Waals surface area contributed by atoms with Crippen LogP contribution in [-0.4, -0.2) is 21.9 Å². The summed E-state index contributed by atoms with van der Waals surface area (Å²) in [5.41, 5.74) is 2.76. The van der Waals surface area contributed by atoms with E-state index >= 15 is 0 Å². The largest absolute Gasteiger partial charge is 0.367 e. The zero-order valence-corrected chi connectivity index (χ0v) is 15.6. The first-order valence-electron chi connectivity index (χ1n) is 8.87. The van der Waals surface area contributed by atoms with E-state index < -0.39 is 0 Å². The fraction of sp³-hybridized carbons (Fsp3) is 0.190. The molecule has 0 bridgehead atoms. The maximum absolute atomic E-state index is 12.8. The van der Waals surface area contributed by atoms with Crippen LogP contribution in [0.5, 0.6) is 0 Å². The average Bonchev–Trinajstić information content (AvgIpc) is 3.49. The van der Waals surface area contributed by atoms with E-state index in [0.29, 0.717) is 34.1 Å². The Kier molecular flexibility index (Phi) is 4.77. The molecule has 1 aliphatic carbocycles. The average molecular weight is 379 g/mol. The molecule has 1 saturated carbocycles. The van der Waals surface area contributed by atoms with Crippen molar-refractivity contribution in [2.45, 2.75) is 25.8 Å². The number of rotatable bonds is 5. The van der Waals surface area contributed by atoms with Crippen molar-refractivity contribution in [1.82, 2.24) is 9.97 Å². The van der Waals surface area contributed by atoms with Gasteiger partial charge in [0.25, 0.3) is 5.91 Å². The summed E-state index contributed by atoms with van der Waals surface area (Å²) in [5, 5.41) is 6.82. The van der Waals surface area contributed by atoms with Gasteiger partial charge in [-0.05, 0) is 37.5 Å². The molecule has 4 rings (SSSR count). The first-order valence-corrected chi connectivity index (χ1v) is 9.25. The molecule has 1 amide bonds. The second-order valence-corrected chi connectivity index (χ2v) is 7.07. The maximum atomic E-state index is 12.8. The number of anilines is 2. The first kappa shape index (κ1) is 17.5. The van der Waals surface area contributed by atoms with Gasteiger partial charge in [-0.1, -0.05) is 48.0 Å². The number of aromatic nitrogens is 2. The van der Waals surface area contributed by atoms with E-state index in [2.05, 4.69) is 20.6 Å². The zero-order chi connectivity index (χ0) is 18.8. The minimum atomic E-state index is -0.298. The number of carbonyl (C=O) groups excluding carboxylic acids is 1. The second-order valence-electron chi connectivity index (χ2n) is 6.66. The summed E-state index contributed by atoms with van der Waals surface area (Å²) in [6.45, 7) is 1.92. The van der Waals surface area contributed by atoms with Crippen molar-refractivity contribution in [3.63, 3.8) is 0 Å². The van der Waals surface area contributed by atoms with Gasteiger partial charge in [-0.3, -0.25) is 4.79 Å². The Morgan fingerprint density at radius 2 is 1.85 bits per heavy atom. The van der Waals surface area contributed by atoms with Gasteiger partial charge in [-0.25, -0.2) is 9.97 Å². The van der Waals surface area contributed by atoms with Gasteiger partial charge in [0.15, 0.2) is 5.82 Å². The number of benzene rings is 2. The molecule has 1 fully saturated rings. The van der Waals surface area contributed by atoms with Crippen molar-refractivity contribution in [2.24, 2.45) is 0 Å². The highest BCUT2D eigenvalue weighted by Gasteiger charge is 2.23. The summed E-state index contributed by atoms with van der Waals surface area (Å²) in [4.78, 5) is 21.8. The number of hydrogen-bond acceptors (Lipinski definition) is 4. The molecule has 1 aromatic heterocycles. The molecule has 5 nitrogen and oxygen atoms in total. The van der Waals surface area contributed by atoms with Crippen LogP contribution in [-0.2, 0) is 0 Å². The van der Waals surface area contributed by atoms with E-state index in [4.69, 9.17) is 11.6 Å². The molecule has 0 saturated heterocycles. The van der Waals surface area contributed by atoms with Gasteiger partial charge < -0.3 is 10.6 Å². The number of carbonyl (C=O) groups is 1. The molecule has 0 unspecified atom stereocenters. The lowest BCUT2D eigenvalue weighted by molar-refractivity contribution is 0.102. The summed E-state index contributed by atoms with van der Waals surface area (Å²) < 4.78 is 0. The first-order chi connectivity index (χ1) is 13.1. The summed E-state index contributed by atoms with van der Waals surface area (Å²) >= 11 is 6.15. The lowest BCUT2D eigenvalue weighted by atomic mass is 10.2. The predicted octanol–water partition coefficient (Wildman–Crippen LogP) is 4.93. The minimum absolute atomic E-state index is 0.298. The molecule has 2 aromatic carbocycles. The van der Waals surface area contributed by atoms with E-state index in [1.165, 1.54) is 0 Å². The summed E-state index contributed by atoms with van der Waals surface area (Å²) in [6, 6.07) is 17.2. The highest BCUT2D eigenvalue weighted by molar-refractivity contribution is 6.31. The minimum Gasteiger partial charge on any atom is -0.367 e. The Morgan fingerprint density at radius 3 is 2.56 bits per heavy atom. The quantitative estimate of drug-likeness (QED) is 0.660. The smallest absolute Gasteiger partial charge is 0.274 e. The van der Waals surface area contributed by atoms with Gasteiger partial charge in [-0.15, -0.1) is 0 Å². The Labute approximate surface area is 162 Å². The molecule has 2 N–H and O–H groups in total. The van der Waals surface area contributed by atoms with Gasteiger partial charge in [-0.2, -0.15) is 0 Å². The Hall–Kier alpha value is -2.92. The van der Waals surface area contributed by atoms with E-state index in [0.717, 1.165) is 24.0 Å².